The van der Waals surface area contributed by atoms with E-state index < -0.39 is 5.60 Å². The van der Waals surface area contributed by atoms with Crippen molar-refractivity contribution in [1.29, 1.82) is 0 Å². The lowest BCUT2D eigenvalue weighted by Crippen LogP contribution is -2.50. The van der Waals surface area contributed by atoms with E-state index in [9.17, 15) is 4.79 Å². The fourth-order valence-corrected chi connectivity index (χ4v) is 3.39. The lowest BCUT2D eigenvalue weighted by molar-refractivity contribution is 0.0145. The molecule has 0 bridgehead atoms. The number of benzene rings is 1. The van der Waals surface area contributed by atoms with Gasteiger partial charge in [-0.05, 0) is 71.2 Å². The first kappa shape index (κ1) is 19.1. The third-order valence-corrected chi connectivity index (χ3v) is 4.69. The highest BCUT2D eigenvalue weighted by Gasteiger charge is 2.35. The Bertz CT molecular complexity index is 539. The third-order valence-electron chi connectivity index (χ3n) is 4.43. The molecule has 1 amide bonds. The first-order chi connectivity index (χ1) is 11.3. The summed E-state index contributed by atoms with van der Waals surface area (Å²) in [5.74, 6) is 0. The van der Waals surface area contributed by atoms with Crippen LogP contribution in [0.1, 0.15) is 45.6 Å². The molecule has 0 aromatic heterocycles. The number of hydrogen-bond acceptors (Lipinski definition) is 3. The van der Waals surface area contributed by atoms with Gasteiger partial charge >= 0.3 is 6.09 Å². The molecule has 24 heavy (non-hydrogen) atoms. The molecule has 4 nitrogen and oxygen atoms in total. The molecule has 0 spiro atoms. The summed E-state index contributed by atoms with van der Waals surface area (Å²) in [4.78, 5) is 14.6. The van der Waals surface area contributed by atoms with Crippen molar-refractivity contribution in [2.24, 2.45) is 0 Å². The molecule has 1 aliphatic carbocycles. The quantitative estimate of drug-likeness (QED) is 0.860. The number of hydrogen-bond donors (Lipinski definition) is 1. The van der Waals surface area contributed by atoms with Gasteiger partial charge in [-0.2, -0.15) is 0 Å². The molecule has 0 unspecified atom stereocenters. The highest BCUT2D eigenvalue weighted by Crippen LogP contribution is 2.26. The molecule has 1 saturated carbocycles. The SMILES string of the molecule is CN[C@@H]1CCC[C@H]1N(CCc1ccc(Cl)cc1)C(=O)OC(C)(C)C. The number of carbonyl (C=O) groups excluding carboxylic acids is 1. The summed E-state index contributed by atoms with van der Waals surface area (Å²) < 4.78 is 5.65. The lowest BCUT2D eigenvalue weighted by atomic mass is 10.1. The maximum Gasteiger partial charge on any atom is 0.410 e. The maximum absolute atomic E-state index is 12.7. The van der Waals surface area contributed by atoms with Crippen molar-refractivity contribution >= 4 is 17.7 Å². The number of carbonyl (C=O) groups is 1. The molecule has 0 saturated heterocycles. The number of rotatable bonds is 5. The molecule has 1 fully saturated rings. The predicted octanol–water partition coefficient (Wildman–Crippen LogP) is 4.26. The molecule has 0 radical (unpaired) electrons. The van der Waals surface area contributed by atoms with E-state index in [4.69, 9.17) is 16.3 Å². The molecule has 0 aliphatic heterocycles. The number of likely N-dealkylation sites (N-methyl/N-ethyl adjacent to an activating group) is 1. The van der Waals surface area contributed by atoms with Crippen molar-refractivity contribution in [2.75, 3.05) is 13.6 Å². The van der Waals surface area contributed by atoms with Crippen LogP contribution in [-0.2, 0) is 11.2 Å². The number of amides is 1. The number of halogens is 1. The van der Waals surface area contributed by atoms with E-state index in [0.29, 0.717) is 12.6 Å². The second kappa shape index (κ2) is 8.21. The lowest BCUT2D eigenvalue weighted by Gasteiger charge is -2.34. The minimum atomic E-state index is -0.483. The summed E-state index contributed by atoms with van der Waals surface area (Å²) in [5, 5.41) is 4.08. The zero-order valence-corrected chi connectivity index (χ0v) is 15.9. The molecule has 1 N–H and O–H groups in total. The molecule has 134 valence electrons. The van der Waals surface area contributed by atoms with E-state index in [1.165, 1.54) is 5.56 Å². The molecule has 1 aromatic rings. The maximum atomic E-state index is 12.7. The summed E-state index contributed by atoms with van der Waals surface area (Å²) in [7, 11) is 1.97. The smallest absolute Gasteiger partial charge is 0.410 e. The minimum Gasteiger partial charge on any atom is -0.444 e. The Hall–Kier alpha value is -1.26. The van der Waals surface area contributed by atoms with Crippen LogP contribution in [-0.4, -0.2) is 42.3 Å². The average Bonchev–Trinajstić information content (AvgIpc) is 2.96. The van der Waals surface area contributed by atoms with Crippen LogP contribution in [0, 0.1) is 0 Å². The van der Waals surface area contributed by atoms with Crippen LogP contribution in [0.2, 0.25) is 5.02 Å². The monoisotopic (exact) mass is 352 g/mol. The average molecular weight is 353 g/mol. The third kappa shape index (κ3) is 5.38. The van der Waals surface area contributed by atoms with Gasteiger partial charge in [-0.25, -0.2) is 4.79 Å². The largest absolute Gasteiger partial charge is 0.444 e. The van der Waals surface area contributed by atoms with Crippen LogP contribution < -0.4 is 5.32 Å². The van der Waals surface area contributed by atoms with Crippen molar-refractivity contribution in [3.63, 3.8) is 0 Å². The Balaban J connectivity index is 2.09. The van der Waals surface area contributed by atoms with Crippen molar-refractivity contribution in [3.8, 4) is 0 Å². The Morgan fingerprint density at radius 2 is 1.96 bits per heavy atom. The van der Waals surface area contributed by atoms with Crippen LogP contribution in [0.25, 0.3) is 0 Å². The molecule has 0 heterocycles. The fraction of sp³-hybridized carbons (Fsp3) is 0.632. The van der Waals surface area contributed by atoms with Crippen LogP contribution in [0.4, 0.5) is 4.79 Å². The topological polar surface area (TPSA) is 41.6 Å². The van der Waals surface area contributed by atoms with Gasteiger partial charge in [-0.15, -0.1) is 0 Å². The standard InChI is InChI=1S/C19H29ClN2O2/c1-19(2,3)24-18(23)22(17-7-5-6-16(17)21-4)13-12-14-8-10-15(20)11-9-14/h8-11,16-17,21H,5-7,12-13H2,1-4H3/t16-,17-/m1/s1. The van der Waals surface area contributed by atoms with Crippen LogP contribution in [0.15, 0.2) is 24.3 Å². The summed E-state index contributed by atoms with van der Waals surface area (Å²) in [6.07, 6.45) is 3.83. The van der Waals surface area contributed by atoms with Crippen molar-refractivity contribution in [1.82, 2.24) is 10.2 Å². The summed E-state index contributed by atoms with van der Waals surface area (Å²) in [6.45, 7) is 6.38. The molecule has 2 rings (SSSR count). The van der Waals surface area contributed by atoms with E-state index in [-0.39, 0.29) is 12.1 Å². The zero-order chi connectivity index (χ0) is 17.7. The van der Waals surface area contributed by atoms with Crippen molar-refractivity contribution in [2.45, 2.75) is 64.1 Å². The Morgan fingerprint density at radius 3 is 2.54 bits per heavy atom. The van der Waals surface area contributed by atoms with Crippen LogP contribution in [0.3, 0.4) is 0 Å². The van der Waals surface area contributed by atoms with Gasteiger partial charge in [0.25, 0.3) is 0 Å². The van der Waals surface area contributed by atoms with Gasteiger partial charge in [0.05, 0.1) is 6.04 Å². The van der Waals surface area contributed by atoms with E-state index in [1.807, 2.05) is 57.0 Å². The summed E-state index contributed by atoms with van der Waals surface area (Å²) in [5.41, 5.74) is 0.690. The van der Waals surface area contributed by atoms with Gasteiger partial charge in [0.2, 0.25) is 0 Å². The second-order valence-corrected chi connectivity index (χ2v) is 7.88. The van der Waals surface area contributed by atoms with E-state index >= 15 is 0 Å². The van der Waals surface area contributed by atoms with Gasteiger partial charge in [0.1, 0.15) is 5.60 Å². The summed E-state index contributed by atoms with van der Waals surface area (Å²) in [6, 6.07) is 8.33. The first-order valence-corrected chi connectivity index (χ1v) is 9.09. The molecule has 5 heteroatoms. The van der Waals surface area contributed by atoms with Gasteiger partial charge in [-0.1, -0.05) is 23.7 Å². The van der Waals surface area contributed by atoms with Gasteiger partial charge in [0.15, 0.2) is 0 Å². The predicted molar refractivity (Wildman–Crippen MR) is 98.6 cm³/mol. The molecular formula is C19H29ClN2O2. The van der Waals surface area contributed by atoms with Crippen LogP contribution in [0.5, 0.6) is 0 Å². The fourth-order valence-electron chi connectivity index (χ4n) is 3.26. The van der Waals surface area contributed by atoms with E-state index in [0.717, 1.165) is 30.7 Å². The van der Waals surface area contributed by atoms with Crippen molar-refractivity contribution in [3.05, 3.63) is 34.9 Å². The van der Waals surface area contributed by atoms with Gasteiger partial charge in [0, 0.05) is 17.6 Å². The zero-order valence-electron chi connectivity index (χ0n) is 15.1. The molecular weight excluding hydrogens is 324 g/mol. The molecule has 1 aliphatic rings. The molecule has 2 atom stereocenters. The Morgan fingerprint density at radius 1 is 1.29 bits per heavy atom. The van der Waals surface area contributed by atoms with E-state index in [2.05, 4.69) is 5.32 Å². The number of ether oxygens (including phenoxy) is 1. The van der Waals surface area contributed by atoms with Gasteiger partial charge in [-0.3, -0.25) is 0 Å². The number of nitrogens with zero attached hydrogens (tertiary/aromatic N) is 1. The number of nitrogens with one attached hydrogen (secondary N) is 1. The first-order valence-electron chi connectivity index (χ1n) is 8.71. The van der Waals surface area contributed by atoms with Crippen molar-refractivity contribution < 1.29 is 9.53 Å². The van der Waals surface area contributed by atoms with Crippen LogP contribution >= 0.6 is 11.6 Å². The highest BCUT2D eigenvalue weighted by atomic mass is 35.5. The van der Waals surface area contributed by atoms with Gasteiger partial charge < -0.3 is 15.0 Å². The summed E-state index contributed by atoms with van der Waals surface area (Å²) >= 11 is 5.95. The normalized spacial score (nSPS) is 20.9. The Labute approximate surface area is 150 Å². The minimum absolute atomic E-state index is 0.192. The van der Waals surface area contributed by atoms with E-state index in [1.54, 1.807) is 0 Å². The highest BCUT2D eigenvalue weighted by molar-refractivity contribution is 6.30. The second-order valence-electron chi connectivity index (χ2n) is 7.44. The Kier molecular flexibility index (Phi) is 6.53. The molecule has 1 aromatic carbocycles.